The van der Waals surface area contributed by atoms with Crippen molar-refractivity contribution in [1.29, 1.82) is 0 Å². The molecule has 0 fully saturated rings. The molecule has 1 aliphatic heterocycles. The van der Waals surface area contributed by atoms with Crippen LogP contribution in [0.25, 0.3) is 0 Å². The Bertz CT molecular complexity index is 822. The molecule has 2 amide bonds. The van der Waals surface area contributed by atoms with Gasteiger partial charge in [-0.3, -0.25) is 9.59 Å². The second kappa shape index (κ2) is 7.51. The van der Waals surface area contributed by atoms with Crippen molar-refractivity contribution >= 4 is 23.2 Å². The highest BCUT2D eigenvalue weighted by molar-refractivity contribution is 5.96. The molecule has 0 atom stereocenters. The number of hydrogen-bond donors (Lipinski definition) is 1. The molecule has 1 N–H and O–H groups in total. The fourth-order valence-corrected chi connectivity index (χ4v) is 2.99. The van der Waals surface area contributed by atoms with Gasteiger partial charge in [-0.1, -0.05) is 12.1 Å². The Morgan fingerprint density at radius 3 is 2.58 bits per heavy atom. The second-order valence-electron chi connectivity index (χ2n) is 6.01. The first-order chi connectivity index (χ1) is 12.4. The predicted molar refractivity (Wildman–Crippen MR) is 93.6 cm³/mol. The van der Waals surface area contributed by atoms with Crippen LogP contribution in [0, 0.1) is 0 Å². The van der Waals surface area contributed by atoms with E-state index in [1.807, 2.05) is 12.1 Å². The molecule has 2 aromatic carbocycles. The van der Waals surface area contributed by atoms with Crippen molar-refractivity contribution in [3.05, 3.63) is 53.6 Å². The van der Waals surface area contributed by atoms with Gasteiger partial charge in [-0.05, 0) is 47.9 Å². The molecule has 0 spiro atoms. The summed E-state index contributed by atoms with van der Waals surface area (Å²) in [5, 5.41) is 2.82. The molecular weight excluding hydrogens is 342 g/mol. The molecule has 0 bridgehead atoms. The largest absolute Gasteiger partial charge is 0.435 e. The summed E-state index contributed by atoms with van der Waals surface area (Å²) < 4.78 is 28.5. The van der Waals surface area contributed by atoms with E-state index in [1.165, 1.54) is 19.1 Å². The predicted octanol–water partition coefficient (Wildman–Crippen LogP) is 3.38. The van der Waals surface area contributed by atoms with E-state index in [9.17, 15) is 18.4 Å². The van der Waals surface area contributed by atoms with Gasteiger partial charge in [0.05, 0.1) is 6.42 Å². The van der Waals surface area contributed by atoms with Crippen molar-refractivity contribution in [2.24, 2.45) is 0 Å². The number of halogens is 2. The fourth-order valence-electron chi connectivity index (χ4n) is 2.99. The van der Waals surface area contributed by atoms with Crippen LogP contribution in [0.1, 0.15) is 18.1 Å². The number of nitrogens with one attached hydrogen (secondary N) is 1. The summed E-state index contributed by atoms with van der Waals surface area (Å²) in [7, 11) is 0. The maximum atomic E-state index is 12.2. The number of nitrogens with zero attached hydrogens (tertiary/aromatic N) is 1. The zero-order chi connectivity index (χ0) is 18.7. The number of ether oxygens (including phenoxy) is 1. The average Bonchev–Trinajstić information content (AvgIpc) is 2.99. The average molecular weight is 360 g/mol. The number of carbonyl (C=O) groups excluding carboxylic acids is 2. The standard InChI is InChI=1S/C19H18F2N2O3/c1-12(24)23-9-8-14-11-15(4-7-17(14)23)22-18(25)10-13-2-5-16(6-3-13)26-19(20)21/h2-7,11,19H,8-10H2,1H3,(H,22,25). The second-order valence-corrected chi connectivity index (χ2v) is 6.01. The first kappa shape index (κ1) is 17.8. The van der Waals surface area contributed by atoms with Crippen LogP contribution in [0.5, 0.6) is 5.75 Å². The van der Waals surface area contributed by atoms with Gasteiger partial charge in [0, 0.05) is 24.8 Å². The molecule has 3 rings (SSSR count). The van der Waals surface area contributed by atoms with E-state index in [-0.39, 0.29) is 24.0 Å². The van der Waals surface area contributed by atoms with Crippen LogP contribution in [0.4, 0.5) is 20.2 Å². The third-order valence-corrected chi connectivity index (χ3v) is 4.15. The summed E-state index contributed by atoms with van der Waals surface area (Å²) in [6.45, 7) is -0.694. The van der Waals surface area contributed by atoms with Crippen molar-refractivity contribution in [2.75, 3.05) is 16.8 Å². The van der Waals surface area contributed by atoms with Crippen molar-refractivity contribution in [3.63, 3.8) is 0 Å². The van der Waals surface area contributed by atoms with Crippen LogP contribution in [0.3, 0.4) is 0 Å². The molecular formula is C19H18F2N2O3. The van der Waals surface area contributed by atoms with E-state index in [2.05, 4.69) is 10.1 Å². The number of alkyl halides is 2. The molecule has 1 aliphatic rings. The van der Waals surface area contributed by atoms with Gasteiger partial charge in [0.2, 0.25) is 11.8 Å². The van der Waals surface area contributed by atoms with Crippen LogP contribution < -0.4 is 15.0 Å². The molecule has 5 nitrogen and oxygen atoms in total. The number of fused-ring (bicyclic) bond motifs is 1. The Hall–Kier alpha value is -2.96. The molecule has 0 saturated carbocycles. The molecule has 2 aromatic rings. The number of carbonyl (C=O) groups is 2. The molecule has 1 heterocycles. The third kappa shape index (κ3) is 4.17. The number of rotatable bonds is 5. The molecule has 0 aliphatic carbocycles. The molecule has 0 radical (unpaired) electrons. The highest BCUT2D eigenvalue weighted by atomic mass is 19.3. The summed E-state index contributed by atoms with van der Waals surface area (Å²) in [6.07, 6.45) is 0.871. The lowest BCUT2D eigenvalue weighted by Gasteiger charge is -2.15. The summed E-state index contributed by atoms with van der Waals surface area (Å²) in [5.74, 6) is -0.161. The molecule has 136 valence electrons. The number of anilines is 2. The Kier molecular flexibility index (Phi) is 5.16. The molecule has 0 aromatic heterocycles. The zero-order valence-electron chi connectivity index (χ0n) is 14.2. The Morgan fingerprint density at radius 1 is 1.19 bits per heavy atom. The van der Waals surface area contributed by atoms with Gasteiger partial charge in [-0.2, -0.15) is 8.78 Å². The maximum absolute atomic E-state index is 12.2. The lowest BCUT2D eigenvalue weighted by atomic mass is 10.1. The fraction of sp³-hybridized carbons (Fsp3) is 0.263. The number of hydrogen-bond acceptors (Lipinski definition) is 3. The van der Waals surface area contributed by atoms with Gasteiger partial charge in [0.15, 0.2) is 0 Å². The summed E-state index contributed by atoms with van der Waals surface area (Å²) in [5.41, 5.74) is 3.25. The van der Waals surface area contributed by atoms with Crippen molar-refractivity contribution < 1.29 is 23.1 Å². The van der Waals surface area contributed by atoms with E-state index in [0.29, 0.717) is 17.8 Å². The number of amides is 2. The highest BCUT2D eigenvalue weighted by Gasteiger charge is 2.22. The minimum absolute atomic E-state index is 0.000182. The first-order valence-electron chi connectivity index (χ1n) is 8.17. The molecule has 7 heteroatoms. The monoisotopic (exact) mass is 360 g/mol. The highest BCUT2D eigenvalue weighted by Crippen LogP contribution is 2.30. The SMILES string of the molecule is CC(=O)N1CCc2cc(NC(=O)Cc3ccc(OC(F)F)cc3)ccc21. The van der Waals surface area contributed by atoms with Gasteiger partial charge < -0.3 is 15.0 Å². The van der Waals surface area contributed by atoms with E-state index in [1.54, 1.807) is 23.1 Å². The van der Waals surface area contributed by atoms with Gasteiger partial charge in [0.1, 0.15) is 5.75 Å². The summed E-state index contributed by atoms with van der Waals surface area (Å²) >= 11 is 0. The van der Waals surface area contributed by atoms with Crippen LogP contribution in [0.15, 0.2) is 42.5 Å². The molecule has 0 unspecified atom stereocenters. The van der Waals surface area contributed by atoms with Crippen molar-refractivity contribution in [1.82, 2.24) is 0 Å². The van der Waals surface area contributed by atoms with Crippen LogP contribution in [-0.2, 0) is 22.4 Å². The van der Waals surface area contributed by atoms with E-state index >= 15 is 0 Å². The van der Waals surface area contributed by atoms with Gasteiger partial charge in [-0.15, -0.1) is 0 Å². The summed E-state index contributed by atoms with van der Waals surface area (Å²) in [6, 6.07) is 11.4. The Balaban J connectivity index is 1.61. The third-order valence-electron chi connectivity index (χ3n) is 4.15. The van der Waals surface area contributed by atoms with Crippen LogP contribution >= 0.6 is 0 Å². The molecule has 0 saturated heterocycles. The lowest BCUT2D eigenvalue weighted by Crippen LogP contribution is -2.25. The zero-order valence-corrected chi connectivity index (χ0v) is 14.2. The van der Waals surface area contributed by atoms with Crippen molar-refractivity contribution in [3.8, 4) is 5.75 Å². The van der Waals surface area contributed by atoms with Gasteiger partial charge in [-0.25, -0.2) is 0 Å². The number of benzene rings is 2. The van der Waals surface area contributed by atoms with Gasteiger partial charge >= 0.3 is 6.61 Å². The van der Waals surface area contributed by atoms with Crippen LogP contribution in [0.2, 0.25) is 0 Å². The quantitative estimate of drug-likeness (QED) is 0.889. The first-order valence-corrected chi connectivity index (χ1v) is 8.17. The van der Waals surface area contributed by atoms with Crippen LogP contribution in [-0.4, -0.2) is 25.0 Å². The topological polar surface area (TPSA) is 58.6 Å². The van der Waals surface area contributed by atoms with Crippen molar-refractivity contribution in [2.45, 2.75) is 26.4 Å². The minimum Gasteiger partial charge on any atom is -0.435 e. The maximum Gasteiger partial charge on any atom is 0.387 e. The smallest absolute Gasteiger partial charge is 0.387 e. The van der Waals surface area contributed by atoms with Gasteiger partial charge in [0.25, 0.3) is 0 Å². The normalized spacial score (nSPS) is 12.8. The van der Waals surface area contributed by atoms with E-state index in [4.69, 9.17) is 0 Å². The minimum atomic E-state index is -2.87. The molecule has 26 heavy (non-hydrogen) atoms. The Morgan fingerprint density at radius 2 is 1.92 bits per heavy atom. The summed E-state index contributed by atoms with van der Waals surface area (Å²) in [4.78, 5) is 25.5. The lowest BCUT2D eigenvalue weighted by molar-refractivity contribution is -0.117. The van der Waals surface area contributed by atoms with E-state index in [0.717, 1.165) is 17.7 Å². The van der Waals surface area contributed by atoms with E-state index < -0.39 is 6.61 Å². The Labute approximate surface area is 149 Å².